The van der Waals surface area contributed by atoms with Crippen LogP contribution < -0.4 is 5.32 Å². The second-order valence-corrected chi connectivity index (χ2v) is 7.85. The van der Waals surface area contributed by atoms with Gasteiger partial charge < -0.3 is 14.6 Å². The molecule has 0 atom stereocenters. The molecule has 4 rings (SSSR count). The molecule has 0 radical (unpaired) electrons. The smallest absolute Gasteiger partial charge is 0.236 e. The summed E-state index contributed by atoms with van der Waals surface area (Å²) in [5, 5.41) is 5.48. The highest BCUT2D eigenvalue weighted by Crippen LogP contribution is 2.45. The maximum Gasteiger partial charge on any atom is 0.236 e. The molecule has 0 unspecified atom stereocenters. The molecule has 0 amide bonds. The lowest BCUT2D eigenvalue weighted by Crippen LogP contribution is -2.40. The molecule has 25 heavy (non-hydrogen) atoms. The van der Waals surface area contributed by atoms with Gasteiger partial charge in [0.1, 0.15) is 6.26 Å². The SMILES string of the molecule is CN=C(NCc1coc(-c2cccs2)n1)N1CCC2(CCCC2)C1.I. The summed E-state index contributed by atoms with van der Waals surface area (Å²) in [7, 11) is 1.86. The second kappa shape index (κ2) is 8.07. The number of oxazole rings is 1. The molecule has 2 aromatic heterocycles. The first-order chi connectivity index (χ1) is 11.8. The normalized spacial score (nSPS) is 19.4. The summed E-state index contributed by atoms with van der Waals surface area (Å²) in [4.78, 5) is 12.5. The number of thiophene rings is 1. The first-order valence-corrected chi connectivity index (χ1v) is 9.60. The van der Waals surface area contributed by atoms with E-state index < -0.39 is 0 Å². The van der Waals surface area contributed by atoms with Gasteiger partial charge in [-0.25, -0.2) is 4.98 Å². The molecule has 0 aromatic carbocycles. The fraction of sp³-hybridized carbons (Fsp3) is 0.556. The molecule has 1 N–H and O–H groups in total. The van der Waals surface area contributed by atoms with Crippen LogP contribution >= 0.6 is 35.3 Å². The number of rotatable bonds is 3. The van der Waals surface area contributed by atoms with E-state index in [1.807, 2.05) is 24.6 Å². The van der Waals surface area contributed by atoms with E-state index in [-0.39, 0.29) is 24.0 Å². The van der Waals surface area contributed by atoms with Gasteiger partial charge in [-0.3, -0.25) is 4.99 Å². The van der Waals surface area contributed by atoms with Crippen molar-refractivity contribution < 1.29 is 4.42 Å². The molecule has 5 nitrogen and oxygen atoms in total. The van der Waals surface area contributed by atoms with Crippen LogP contribution in [0, 0.1) is 5.41 Å². The lowest BCUT2D eigenvalue weighted by atomic mass is 9.86. The van der Waals surface area contributed by atoms with Crippen molar-refractivity contribution in [1.82, 2.24) is 15.2 Å². The molecule has 1 aliphatic heterocycles. The van der Waals surface area contributed by atoms with Gasteiger partial charge in [0.15, 0.2) is 5.96 Å². The first kappa shape index (κ1) is 18.7. The van der Waals surface area contributed by atoms with E-state index in [9.17, 15) is 0 Å². The number of nitrogens with zero attached hydrogens (tertiary/aromatic N) is 3. The summed E-state index contributed by atoms with van der Waals surface area (Å²) in [5.74, 6) is 1.68. The van der Waals surface area contributed by atoms with Gasteiger partial charge in [0.05, 0.1) is 17.1 Å². The summed E-state index contributed by atoms with van der Waals surface area (Å²) in [6, 6.07) is 4.04. The quantitative estimate of drug-likeness (QED) is 0.410. The van der Waals surface area contributed by atoms with Crippen molar-refractivity contribution in [3.05, 3.63) is 29.5 Å². The zero-order valence-electron chi connectivity index (χ0n) is 14.5. The molecule has 1 aliphatic carbocycles. The van der Waals surface area contributed by atoms with Gasteiger partial charge in [-0.15, -0.1) is 35.3 Å². The Morgan fingerprint density at radius 2 is 2.24 bits per heavy atom. The molecular weight excluding hydrogens is 447 g/mol. The Bertz CT molecular complexity index is 706. The van der Waals surface area contributed by atoms with E-state index in [0.29, 0.717) is 17.9 Å². The van der Waals surface area contributed by atoms with Gasteiger partial charge in [0, 0.05) is 20.1 Å². The third-order valence-electron chi connectivity index (χ3n) is 5.33. The number of likely N-dealkylation sites (tertiary alicyclic amines) is 1. The Morgan fingerprint density at radius 3 is 2.96 bits per heavy atom. The number of hydrogen-bond acceptors (Lipinski definition) is 4. The van der Waals surface area contributed by atoms with Crippen LogP contribution in [0.3, 0.4) is 0 Å². The van der Waals surface area contributed by atoms with Crippen LogP contribution in [-0.4, -0.2) is 36.0 Å². The van der Waals surface area contributed by atoms with E-state index in [1.165, 1.54) is 32.1 Å². The lowest BCUT2D eigenvalue weighted by molar-refractivity contribution is 0.309. The standard InChI is InChI=1S/C18H24N4OS.HI/c1-19-17(22-9-8-18(13-22)6-2-3-7-18)20-11-14-12-23-16(21-14)15-5-4-10-24-15;/h4-5,10,12H,2-3,6-9,11,13H2,1H3,(H,19,20);1H. The van der Waals surface area contributed by atoms with Gasteiger partial charge in [-0.2, -0.15) is 0 Å². The molecule has 136 valence electrons. The fourth-order valence-corrected chi connectivity index (χ4v) is 4.71. The third-order valence-corrected chi connectivity index (χ3v) is 6.18. The number of nitrogens with one attached hydrogen (secondary N) is 1. The second-order valence-electron chi connectivity index (χ2n) is 6.90. The van der Waals surface area contributed by atoms with E-state index >= 15 is 0 Å². The number of hydrogen-bond donors (Lipinski definition) is 1. The van der Waals surface area contributed by atoms with Crippen molar-refractivity contribution in [3.8, 4) is 10.8 Å². The van der Waals surface area contributed by atoms with Gasteiger partial charge in [-0.1, -0.05) is 18.9 Å². The highest BCUT2D eigenvalue weighted by Gasteiger charge is 2.41. The Kier molecular flexibility index (Phi) is 6.04. The van der Waals surface area contributed by atoms with Crippen molar-refractivity contribution in [1.29, 1.82) is 0 Å². The Labute approximate surface area is 169 Å². The number of aromatic nitrogens is 1. The molecule has 2 aromatic rings. The molecular formula is C18H25IN4OS. The van der Waals surface area contributed by atoms with Crippen molar-refractivity contribution in [2.24, 2.45) is 10.4 Å². The van der Waals surface area contributed by atoms with Crippen molar-refractivity contribution in [2.45, 2.75) is 38.6 Å². The molecule has 2 fully saturated rings. The summed E-state index contributed by atoms with van der Waals surface area (Å²) in [6.45, 7) is 2.90. The van der Waals surface area contributed by atoms with Crippen LogP contribution in [0.1, 0.15) is 37.8 Å². The predicted molar refractivity (Wildman–Crippen MR) is 113 cm³/mol. The van der Waals surface area contributed by atoms with Crippen LogP contribution in [0.4, 0.5) is 0 Å². The molecule has 1 saturated heterocycles. The van der Waals surface area contributed by atoms with Gasteiger partial charge in [-0.05, 0) is 36.1 Å². The molecule has 3 heterocycles. The van der Waals surface area contributed by atoms with Crippen LogP contribution in [0.25, 0.3) is 10.8 Å². The lowest BCUT2D eigenvalue weighted by Gasteiger charge is -2.25. The van der Waals surface area contributed by atoms with Crippen LogP contribution in [0.15, 0.2) is 33.2 Å². The van der Waals surface area contributed by atoms with Crippen LogP contribution in [0.5, 0.6) is 0 Å². The van der Waals surface area contributed by atoms with Crippen molar-refractivity contribution in [3.63, 3.8) is 0 Å². The van der Waals surface area contributed by atoms with Crippen LogP contribution in [-0.2, 0) is 6.54 Å². The summed E-state index contributed by atoms with van der Waals surface area (Å²) in [5.41, 5.74) is 1.46. The zero-order valence-corrected chi connectivity index (χ0v) is 17.7. The predicted octanol–water partition coefficient (Wildman–Crippen LogP) is 4.36. The van der Waals surface area contributed by atoms with Crippen molar-refractivity contribution >= 4 is 41.3 Å². The minimum atomic E-state index is 0. The van der Waals surface area contributed by atoms with E-state index in [0.717, 1.165) is 29.6 Å². The highest BCUT2D eigenvalue weighted by atomic mass is 127. The first-order valence-electron chi connectivity index (χ1n) is 8.72. The monoisotopic (exact) mass is 472 g/mol. The van der Waals surface area contributed by atoms with Gasteiger partial charge in [0.2, 0.25) is 5.89 Å². The summed E-state index contributed by atoms with van der Waals surface area (Å²) in [6.07, 6.45) is 8.59. The Hall–Kier alpha value is -1.09. The van der Waals surface area contributed by atoms with Crippen LogP contribution in [0.2, 0.25) is 0 Å². The van der Waals surface area contributed by atoms with E-state index in [1.54, 1.807) is 17.6 Å². The average molecular weight is 472 g/mol. The fourth-order valence-electron chi connectivity index (χ4n) is 4.05. The Morgan fingerprint density at radius 1 is 1.40 bits per heavy atom. The minimum Gasteiger partial charge on any atom is -0.443 e. The minimum absolute atomic E-state index is 0. The number of aliphatic imine (C=N–C) groups is 1. The van der Waals surface area contributed by atoms with Crippen molar-refractivity contribution in [2.75, 3.05) is 20.1 Å². The number of guanidine groups is 1. The molecule has 0 bridgehead atoms. The number of halogens is 1. The maximum absolute atomic E-state index is 5.58. The Balaban J connectivity index is 0.00000182. The molecule has 1 spiro atoms. The molecule has 1 saturated carbocycles. The zero-order chi connectivity index (χ0) is 16.4. The summed E-state index contributed by atoms with van der Waals surface area (Å²) < 4.78 is 5.58. The third kappa shape index (κ3) is 4.02. The van der Waals surface area contributed by atoms with Gasteiger partial charge >= 0.3 is 0 Å². The summed E-state index contributed by atoms with van der Waals surface area (Å²) >= 11 is 1.64. The largest absolute Gasteiger partial charge is 0.443 e. The topological polar surface area (TPSA) is 53.7 Å². The van der Waals surface area contributed by atoms with E-state index in [2.05, 4.69) is 20.2 Å². The highest BCUT2D eigenvalue weighted by molar-refractivity contribution is 14.0. The van der Waals surface area contributed by atoms with E-state index in [4.69, 9.17) is 4.42 Å². The maximum atomic E-state index is 5.58. The molecule has 7 heteroatoms. The average Bonchev–Trinajstić information content (AvgIpc) is 3.37. The van der Waals surface area contributed by atoms with Gasteiger partial charge in [0.25, 0.3) is 0 Å². The molecule has 2 aliphatic rings.